The van der Waals surface area contributed by atoms with Gasteiger partial charge in [-0.3, -0.25) is 4.79 Å². The number of nitrogens with one attached hydrogen (secondary N) is 1. The van der Waals surface area contributed by atoms with Gasteiger partial charge in [0.05, 0.1) is 38.2 Å². The molecule has 2 aromatic rings. The van der Waals surface area contributed by atoms with Crippen molar-refractivity contribution in [2.75, 3.05) is 53.6 Å². The topological polar surface area (TPSA) is 132 Å². The largest absolute Gasteiger partial charge is 0.497 e. The third-order valence-electron chi connectivity index (χ3n) is 6.74. The fraction of sp³-hybridized carbons (Fsp3) is 0.480. The third kappa shape index (κ3) is 6.12. The minimum absolute atomic E-state index is 0.00692. The van der Waals surface area contributed by atoms with Crippen molar-refractivity contribution in [2.45, 2.75) is 29.2 Å². The first kappa shape index (κ1) is 28.3. The third-order valence-corrected chi connectivity index (χ3v) is 10.5. The van der Waals surface area contributed by atoms with Crippen molar-refractivity contribution in [1.29, 1.82) is 0 Å². The zero-order chi connectivity index (χ0) is 27.3. The van der Waals surface area contributed by atoms with E-state index in [0.717, 1.165) is 5.56 Å². The lowest BCUT2D eigenvalue weighted by atomic mass is 9.99. The summed E-state index contributed by atoms with van der Waals surface area (Å²) in [7, 11) is -4.66. The van der Waals surface area contributed by atoms with Crippen LogP contribution in [0, 0.1) is 5.92 Å². The van der Waals surface area contributed by atoms with Gasteiger partial charge < -0.3 is 19.5 Å². The Kier molecular flexibility index (Phi) is 8.93. The predicted molar refractivity (Wildman–Crippen MR) is 139 cm³/mol. The van der Waals surface area contributed by atoms with Gasteiger partial charge in [0, 0.05) is 38.8 Å². The van der Waals surface area contributed by atoms with Crippen LogP contribution in [-0.4, -0.2) is 85.0 Å². The van der Waals surface area contributed by atoms with Crippen LogP contribution < -0.4 is 14.8 Å². The van der Waals surface area contributed by atoms with Crippen molar-refractivity contribution in [1.82, 2.24) is 13.9 Å². The van der Waals surface area contributed by atoms with E-state index >= 15 is 0 Å². The highest BCUT2D eigenvalue weighted by atomic mass is 32.2. The van der Waals surface area contributed by atoms with Crippen LogP contribution in [0.2, 0.25) is 0 Å². The summed E-state index contributed by atoms with van der Waals surface area (Å²) in [6.07, 6.45) is 1.10. The van der Waals surface area contributed by atoms with Gasteiger partial charge in [0.2, 0.25) is 26.0 Å². The van der Waals surface area contributed by atoms with Crippen LogP contribution >= 0.6 is 0 Å². The number of sulfonamides is 2. The molecular formula is C25H33N3O8S2. The number of carbonyl (C=O) groups is 1. The standard InChI is InChI=1S/C25H33N3O8S2/c1-34-21-7-10-23(35-2)24(16-21)38(32,33)28-11-3-4-20(18-28)25(29)26-17-19-5-8-22(9-6-19)37(30,31)27-12-14-36-15-13-27/h5-10,16,20H,3-4,11-15,17-18H2,1-2H3,(H,26,29). The van der Waals surface area contributed by atoms with Gasteiger partial charge >= 0.3 is 0 Å². The minimum Gasteiger partial charge on any atom is -0.497 e. The number of rotatable bonds is 9. The molecule has 2 heterocycles. The van der Waals surface area contributed by atoms with Crippen molar-refractivity contribution < 1.29 is 35.8 Å². The monoisotopic (exact) mass is 567 g/mol. The predicted octanol–water partition coefficient (Wildman–Crippen LogP) is 1.44. The van der Waals surface area contributed by atoms with Crippen LogP contribution in [0.4, 0.5) is 0 Å². The second-order valence-electron chi connectivity index (χ2n) is 9.10. The molecule has 38 heavy (non-hydrogen) atoms. The number of ether oxygens (including phenoxy) is 3. The Morgan fingerprint density at radius 2 is 1.66 bits per heavy atom. The number of amides is 1. The van der Waals surface area contributed by atoms with Gasteiger partial charge in [-0.05, 0) is 42.7 Å². The normalized spacial score (nSPS) is 19.6. The van der Waals surface area contributed by atoms with Crippen molar-refractivity contribution in [3.8, 4) is 11.5 Å². The molecule has 2 fully saturated rings. The molecule has 0 aromatic heterocycles. The Morgan fingerprint density at radius 1 is 0.947 bits per heavy atom. The van der Waals surface area contributed by atoms with Crippen LogP contribution in [0.1, 0.15) is 18.4 Å². The number of hydrogen-bond donors (Lipinski definition) is 1. The maximum atomic E-state index is 13.4. The SMILES string of the molecule is COc1ccc(OC)c(S(=O)(=O)N2CCCC(C(=O)NCc3ccc(S(=O)(=O)N4CCOCC4)cc3)C2)c1. The summed E-state index contributed by atoms with van der Waals surface area (Å²) in [5.74, 6) is -0.181. The molecule has 0 aliphatic carbocycles. The Bertz CT molecular complexity index is 1340. The van der Waals surface area contributed by atoms with Gasteiger partial charge in [-0.15, -0.1) is 0 Å². The van der Waals surface area contributed by atoms with Crippen LogP contribution in [-0.2, 0) is 36.1 Å². The van der Waals surface area contributed by atoms with Gasteiger partial charge in [0.15, 0.2) is 0 Å². The molecule has 1 amide bonds. The first-order valence-electron chi connectivity index (χ1n) is 12.3. The number of morpholine rings is 1. The first-order valence-corrected chi connectivity index (χ1v) is 15.2. The molecule has 4 rings (SSSR count). The van der Waals surface area contributed by atoms with E-state index in [1.807, 2.05) is 0 Å². The summed E-state index contributed by atoms with van der Waals surface area (Å²) in [4.78, 5) is 13.1. The minimum atomic E-state index is -3.92. The van der Waals surface area contributed by atoms with Gasteiger partial charge in [-0.1, -0.05) is 12.1 Å². The van der Waals surface area contributed by atoms with E-state index in [4.69, 9.17) is 14.2 Å². The molecule has 11 nitrogen and oxygen atoms in total. The van der Waals surface area contributed by atoms with Crippen molar-refractivity contribution >= 4 is 26.0 Å². The lowest BCUT2D eigenvalue weighted by molar-refractivity contribution is -0.126. The van der Waals surface area contributed by atoms with Gasteiger partial charge in [-0.25, -0.2) is 16.8 Å². The summed E-state index contributed by atoms with van der Waals surface area (Å²) in [6, 6.07) is 11.0. The van der Waals surface area contributed by atoms with Crippen molar-refractivity contribution in [2.24, 2.45) is 5.92 Å². The van der Waals surface area contributed by atoms with E-state index < -0.39 is 26.0 Å². The number of benzene rings is 2. The quantitative estimate of drug-likeness (QED) is 0.482. The maximum absolute atomic E-state index is 13.4. The summed E-state index contributed by atoms with van der Waals surface area (Å²) in [5, 5.41) is 2.86. The summed E-state index contributed by atoms with van der Waals surface area (Å²) in [5.41, 5.74) is 0.737. The zero-order valence-corrected chi connectivity index (χ0v) is 23.1. The van der Waals surface area contributed by atoms with Crippen LogP contribution in [0.25, 0.3) is 0 Å². The lowest BCUT2D eigenvalue weighted by Gasteiger charge is -2.31. The molecule has 1 atom stereocenters. The highest BCUT2D eigenvalue weighted by Gasteiger charge is 2.35. The lowest BCUT2D eigenvalue weighted by Crippen LogP contribution is -2.45. The number of hydrogen-bond acceptors (Lipinski definition) is 8. The maximum Gasteiger partial charge on any atom is 0.246 e. The average molecular weight is 568 g/mol. The molecule has 208 valence electrons. The van der Waals surface area contributed by atoms with Crippen molar-refractivity contribution in [3.05, 3.63) is 48.0 Å². The highest BCUT2D eigenvalue weighted by molar-refractivity contribution is 7.89. The van der Waals surface area contributed by atoms with E-state index in [0.29, 0.717) is 51.4 Å². The molecule has 0 radical (unpaired) electrons. The fourth-order valence-electron chi connectivity index (χ4n) is 4.55. The molecule has 2 saturated heterocycles. The Morgan fingerprint density at radius 3 is 2.32 bits per heavy atom. The fourth-order valence-corrected chi connectivity index (χ4v) is 7.65. The molecule has 2 aliphatic heterocycles. The number of methoxy groups -OCH3 is 2. The number of piperidine rings is 1. The van der Waals surface area contributed by atoms with Crippen LogP contribution in [0.5, 0.6) is 11.5 Å². The zero-order valence-electron chi connectivity index (χ0n) is 21.5. The molecule has 2 aliphatic rings. The van der Waals surface area contributed by atoms with E-state index in [9.17, 15) is 21.6 Å². The van der Waals surface area contributed by atoms with Crippen LogP contribution in [0.3, 0.4) is 0 Å². The number of nitrogens with zero attached hydrogens (tertiary/aromatic N) is 2. The van der Waals surface area contributed by atoms with E-state index in [2.05, 4.69) is 5.32 Å². The molecule has 0 saturated carbocycles. The Balaban J connectivity index is 1.38. The summed E-state index contributed by atoms with van der Waals surface area (Å²) < 4.78 is 70.8. The second-order valence-corrected chi connectivity index (χ2v) is 12.9. The molecule has 13 heteroatoms. The van der Waals surface area contributed by atoms with Crippen LogP contribution in [0.15, 0.2) is 52.3 Å². The summed E-state index contributed by atoms with van der Waals surface area (Å²) >= 11 is 0. The van der Waals surface area contributed by atoms with E-state index in [1.165, 1.54) is 47.1 Å². The molecular weight excluding hydrogens is 534 g/mol. The summed E-state index contributed by atoms with van der Waals surface area (Å²) in [6.45, 7) is 1.92. The highest BCUT2D eigenvalue weighted by Crippen LogP contribution is 2.32. The van der Waals surface area contributed by atoms with Gasteiger partial charge in [0.25, 0.3) is 0 Å². The smallest absolute Gasteiger partial charge is 0.246 e. The van der Waals surface area contributed by atoms with E-state index in [-0.39, 0.29) is 34.5 Å². The number of carbonyl (C=O) groups excluding carboxylic acids is 1. The molecule has 1 N–H and O–H groups in total. The van der Waals surface area contributed by atoms with Gasteiger partial charge in [-0.2, -0.15) is 8.61 Å². The Hall–Kier alpha value is -2.71. The first-order chi connectivity index (χ1) is 18.2. The van der Waals surface area contributed by atoms with Crippen molar-refractivity contribution in [3.63, 3.8) is 0 Å². The molecule has 2 aromatic carbocycles. The van der Waals surface area contributed by atoms with E-state index in [1.54, 1.807) is 18.2 Å². The second kappa shape index (κ2) is 12.0. The molecule has 0 spiro atoms. The Labute approximate surface area is 223 Å². The average Bonchev–Trinajstić information content (AvgIpc) is 2.96. The van der Waals surface area contributed by atoms with Gasteiger partial charge in [0.1, 0.15) is 16.4 Å². The molecule has 0 bridgehead atoms. The molecule has 1 unspecified atom stereocenters.